The second kappa shape index (κ2) is 5.18. The van der Waals surface area contributed by atoms with Gasteiger partial charge in [0, 0.05) is 0 Å². The van der Waals surface area contributed by atoms with Gasteiger partial charge in [-0.1, -0.05) is 6.92 Å². The van der Waals surface area contributed by atoms with Crippen molar-refractivity contribution in [3.8, 4) is 0 Å². The predicted molar refractivity (Wildman–Crippen MR) is 47.1 cm³/mol. The Kier molecular flexibility index (Phi) is 4.94. The first-order chi connectivity index (χ1) is 5.87. The molecular formula is C7H14O5S. The monoisotopic (exact) mass is 210 g/mol. The molecule has 0 saturated carbocycles. The third-order valence-corrected chi connectivity index (χ3v) is 2.60. The van der Waals surface area contributed by atoms with Crippen LogP contribution in [0.15, 0.2) is 0 Å². The highest BCUT2D eigenvalue weighted by molar-refractivity contribution is 7.85. The molecule has 0 aromatic rings. The Morgan fingerprint density at radius 2 is 2.00 bits per heavy atom. The zero-order chi connectivity index (χ0) is 10.5. The fraction of sp³-hybridized carbons (Fsp3) is 0.857. The van der Waals surface area contributed by atoms with E-state index >= 15 is 0 Å². The lowest BCUT2D eigenvalue weighted by molar-refractivity contribution is -0.142. The molecule has 0 aliphatic carbocycles. The molecule has 2 N–H and O–H groups in total. The molecule has 13 heavy (non-hydrogen) atoms. The van der Waals surface area contributed by atoms with E-state index in [9.17, 15) is 13.2 Å². The van der Waals surface area contributed by atoms with E-state index in [4.69, 9.17) is 9.66 Å². The Morgan fingerprint density at radius 1 is 1.46 bits per heavy atom. The SMILES string of the molecule is CCC(CCCS(=O)(=O)O)C(=O)O. The molecule has 0 fully saturated rings. The van der Waals surface area contributed by atoms with Crippen LogP contribution in [0.2, 0.25) is 0 Å². The molecule has 1 atom stereocenters. The number of aliphatic carboxylic acids is 1. The second-order valence-corrected chi connectivity index (χ2v) is 4.44. The van der Waals surface area contributed by atoms with Gasteiger partial charge in [0.25, 0.3) is 10.1 Å². The average Bonchev–Trinajstić information content (AvgIpc) is 1.95. The number of hydrogen-bond donors (Lipinski definition) is 2. The molecule has 0 aromatic heterocycles. The predicted octanol–water partition coefficient (Wildman–Crippen LogP) is 0.765. The van der Waals surface area contributed by atoms with Crippen molar-refractivity contribution in [2.75, 3.05) is 5.75 Å². The van der Waals surface area contributed by atoms with E-state index in [0.717, 1.165) is 0 Å². The zero-order valence-electron chi connectivity index (χ0n) is 7.43. The summed E-state index contributed by atoms with van der Waals surface area (Å²) in [5, 5.41) is 8.59. The van der Waals surface area contributed by atoms with Gasteiger partial charge in [0.1, 0.15) is 0 Å². The molecule has 5 nitrogen and oxygen atoms in total. The van der Waals surface area contributed by atoms with Gasteiger partial charge in [-0.15, -0.1) is 0 Å². The third kappa shape index (κ3) is 6.53. The van der Waals surface area contributed by atoms with E-state index in [1.807, 2.05) is 0 Å². The molecule has 0 aromatic carbocycles. The largest absolute Gasteiger partial charge is 0.481 e. The summed E-state index contributed by atoms with van der Waals surface area (Å²) >= 11 is 0. The minimum absolute atomic E-state index is 0.184. The minimum Gasteiger partial charge on any atom is -0.481 e. The summed E-state index contributed by atoms with van der Waals surface area (Å²) in [6, 6.07) is 0. The summed E-state index contributed by atoms with van der Waals surface area (Å²) in [6.07, 6.45) is 0.941. The molecule has 0 spiro atoms. The molecule has 1 unspecified atom stereocenters. The van der Waals surface area contributed by atoms with E-state index in [1.165, 1.54) is 0 Å². The zero-order valence-corrected chi connectivity index (χ0v) is 8.25. The maximum Gasteiger partial charge on any atom is 0.306 e. The maximum absolute atomic E-state index is 10.5. The number of carboxylic acid groups (broad SMARTS) is 1. The van der Waals surface area contributed by atoms with E-state index in [1.54, 1.807) is 6.92 Å². The molecule has 0 aliphatic heterocycles. The van der Waals surface area contributed by atoms with Crippen molar-refractivity contribution in [3.63, 3.8) is 0 Å². The van der Waals surface area contributed by atoms with Crippen molar-refractivity contribution >= 4 is 16.1 Å². The van der Waals surface area contributed by atoms with Gasteiger partial charge < -0.3 is 5.11 Å². The number of rotatable bonds is 6. The Hall–Kier alpha value is -0.620. The lowest BCUT2D eigenvalue weighted by Crippen LogP contribution is -2.14. The van der Waals surface area contributed by atoms with Crippen molar-refractivity contribution in [1.82, 2.24) is 0 Å². The Balaban J connectivity index is 3.81. The van der Waals surface area contributed by atoms with Crippen LogP contribution < -0.4 is 0 Å². The molecular weight excluding hydrogens is 196 g/mol. The van der Waals surface area contributed by atoms with Crippen LogP contribution in [-0.2, 0) is 14.9 Å². The van der Waals surface area contributed by atoms with Gasteiger partial charge in [-0.05, 0) is 19.3 Å². The van der Waals surface area contributed by atoms with Crippen LogP contribution in [0, 0.1) is 5.92 Å². The summed E-state index contributed by atoms with van der Waals surface area (Å²) in [5.41, 5.74) is 0. The minimum atomic E-state index is -3.95. The van der Waals surface area contributed by atoms with Gasteiger partial charge in [-0.25, -0.2) is 0 Å². The molecule has 0 bridgehead atoms. The van der Waals surface area contributed by atoms with Gasteiger partial charge in [0.05, 0.1) is 11.7 Å². The lowest BCUT2D eigenvalue weighted by atomic mass is 10.0. The number of hydrogen-bond acceptors (Lipinski definition) is 3. The fourth-order valence-electron chi connectivity index (χ4n) is 1.01. The fourth-order valence-corrected chi connectivity index (χ4v) is 1.55. The van der Waals surface area contributed by atoms with Crippen molar-refractivity contribution in [2.45, 2.75) is 26.2 Å². The quantitative estimate of drug-likeness (QED) is 0.631. The van der Waals surface area contributed by atoms with Crippen LogP contribution >= 0.6 is 0 Å². The summed E-state index contributed by atoms with van der Waals surface area (Å²) in [7, 11) is -3.95. The smallest absolute Gasteiger partial charge is 0.306 e. The van der Waals surface area contributed by atoms with Crippen molar-refractivity contribution in [2.24, 2.45) is 5.92 Å². The van der Waals surface area contributed by atoms with Gasteiger partial charge in [-0.3, -0.25) is 9.35 Å². The Bertz CT molecular complexity index is 256. The molecule has 0 radical (unpaired) electrons. The van der Waals surface area contributed by atoms with Crippen LogP contribution in [0.3, 0.4) is 0 Å². The van der Waals surface area contributed by atoms with Crippen molar-refractivity contribution < 1.29 is 22.9 Å². The van der Waals surface area contributed by atoms with E-state index in [0.29, 0.717) is 6.42 Å². The van der Waals surface area contributed by atoms with Crippen LogP contribution in [-0.4, -0.2) is 29.8 Å². The van der Waals surface area contributed by atoms with E-state index in [-0.39, 0.29) is 18.6 Å². The first kappa shape index (κ1) is 12.4. The van der Waals surface area contributed by atoms with Gasteiger partial charge >= 0.3 is 5.97 Å². The van der Waals surface area contributed by atoms with E-state index in [2.05, 4.69) is 0 Å². The lowest BCUT2D eigenvalue weighted by Gasteiger charge is -2.07. The molecule has 78 valence electrons. The van der Waals surface area contributed by atoms with Gasteiger partial charge in [0.2, 0.25) is 0 Å². The van der Waals surface area contributed by atoms with Crippen molar-refractivity contribution in [3.05, 3.63) is 0 Å². The van der Waals surface area contributed by atoms with Crippen LogP contribution in [0.5, 0.6) is 0 Å². The number of carbonyl (C=O) groups is 1. The highest BCUT2D eigenvalue weighted by Gasteiger charge is 2.15. The highest BCUT2D eigenvalue weighted by atomic mass is 32.2. The second-order valence-electron chi connectivity index (χ2n) is 2.87. The Morgan fingerprint density at radius 3 is 2.31 bits per heavy atom. The molecule has 0 rings (SSSR count). The summed E-state index contributed by atoms with van der Waals surface area (Å²) < 4.78 is 28.9. The van der Waals surface area contributed by atoms with Gasteiger partial charge in [0.15, 0.2) is 0 Å². The maximum atomic E-state index is 10.5. The van der Waals surface area contributed by atoms with E-state index < -0.39 is 22.0 Å². The van der Waals surface area contributed by atoms with Crippen LogP contribution in [0.1, 0.15) is 26.2 Å². The molecule has 0 saturated heterocycles. The molecule has 0 aliphatic rings. The normalized spacial score (nSPS) is 14.0. The first-order valence-electron chi connectivity index (χ1n) is 4.04. The molecule has 0 amide bonds. The third-order valence-electron chi connectivity index (χ3n) is 1.80. The van der Waals surface area contributed by atoms with Crippen LogP contribution in [0.25, 0.3) is 0 Å². The Labute approximate surface area is 77.5 Å². The van der Waals surface area contributed by atoms with Crippen LogP contribution in [0.4, 0.5) is 0 Å². The molecule has 6 heteroatoms. The first-order valence-corrected chi connectivity index (χ1v) is 5.65. The summed E-state index contributed by atoms with van der Waals surface area (Å²) in [6.45, 7) is 1.73. The topological polar surface area (TPSA) is 91.7 Å². The summed E-state index contributed by atoms with van der Waals surface area (Å²) in [5.74, 6) is -1.80. The van der Waals surface area contributed by atoms with Crippen molar-refractivity contribution in [1.29, 1.82) is 0 Å². The standard InChI is InChI=1S/C7H14O5S/c1-2-6(7(8)9)4-3-5-13(10,11)12/h6H,2-5H2,1H3,(H,8,9)(H,10,11,12). The number of carboxylic acids is 1. The van der Waals surface area contributed by atoms with Gasteiger partial charge in [-0.2, -0.15) is 8.42 Å². The molecule has 0 heterocycles. The average molecular weight is 210 g/mol. The summed E-state index contributed by atoms with van der Waals surface area (Å²) in [4.78, 5) is 10.5. The highest BCUT2D eigenvalue weighted by Crippen LogP contribution is 2.11.